The van der Waals surface area contributed by atoms with Crippen LogP contribution in [0.4, 0.5) is 11.4 Å². The maximum absolute atomic E-state index is 13.5. The van der Waals surface area contributed by atoms with Crippen LogP contribution < -0.4 is 14.9 Å². The van der Waals surface area contributed by atoms with Gasteiger partial charge in [0, 0.05) is 17.2 Å². The predicted molar refractivity (Wildman–Crippen MR) is 138 cm³/mol. The summed E-state index contributed by atoms with van der Waals surface area (Å²) in [6.07, 6.45) is 1.58. The highest BCUT2D eigenvalue weighted by molar-refractivity contribution is 7.93. The summed E-state index contributed by atoms with van der Waals surface area (Å²) in [5.41, 5.74) is 3.58. The van der Waals surface area contributed by atoms with Gasteiger partial charge in [0.1, 0.15) is 6.54 Å². The van der Waals surface area contributed by atoms with Crippen LogP contribution in [-0.4, -0.2) is 32.8 Å². The molecule has 0 aliphatic carbocycles. The zero-order valence-electron chi connectivity index (χ0n) is 20.0. The molecule has 1 unspecified atom stereocenters. The van der Waals surface area contributed by atoms with Crippen LogP contribution in [0.1, 0.15) is 43.1 Å². The summed E-state index contributed by atoms with van der Waals surface area (Å²) < 4.78 is 28.2. The zero-order valence-corrected chi connectivity index (χ0v) is 20.9. The van der Waals surface area contributed by atoms with E-state index in [1.165, 1.54) is 0 Å². The van der Waals surface area contributed by atoms with Crippen LogP contribution in [-0.2, 0) is 21.2 Å². The van der Waals surface area contributed by atoms with Crippen LogP contribution in [0.5, 0.6) is 0 Å². The molecule has 0 bridgehead atoms. The van der Waals surface area contributed by atoms with Gasteiger partial charge in [-0.3, -0.25) is 13.9 Å². The highest BCUT2D eigenvalue weighted by atomic mass is 32.2. The number of sulfonamides is 1. The quantitative estimate of drug-likeness (QED) is 0.505. The first-order chi connectivity index (χ1) is 16.8. The molecular formula is C27H29N3O4S. The fourth-order valence-electron chi connectivity index (χ4n) is 4.08. The molecule has 2 N–H and O–H groups in total. The Bertz CT molecular complexity index is 1380. The van der Waals surface area contributed by atoms with E-state index in [-0.39, 0.29) is 16.8 Å². The second-order valence-corrected chi connectivity index (χ2v) is 10.4. The Morgan fingerprint density at radius 2 is 1.66 bits per heavy atom. The monoisotopic (exact) mass is 491 g/mol. The molecule has 1 atom stereocenters. The summed E-state index contributed by atoms with van der Waals surface area (Å²) in [5.74, 6) is -0.838. The maximum atomic E-state index is 13.5. The van der Waals surface area contributed by atoms with E-state index in [4.69, 9.17) is 0 Å². The summed E-state index contributed by atoms with van der Waals surface area (Å²) in [6, 6.07) is 19.1. The molecule has 0 spiro atoms. The van der Waals surface area contributed by atoms with Crippen LogP contribution in [0.3, 0.4) is 0 Å². The number of carbonyl (C=O) groups excluding carboxylic acids is 2. The van der Waals surface area contributed by atoms with E-state index in [0.717, 1.165) is 28.3 Å². The fraction of sp³-hybridized carbons (Fsp3) is 0.259. The van der Waals surface area contributed by atoms with E-state index >= 15 is 0 Å². The van der Waals surface area contributed by atoms with E-state index < -0.39 is 22.5 Å². The van der Waals surface area contributed by atoms with Crippen LogP contribution >= 0.6 is 0 Å². The number of hydrogen-bond donors (Lipinski definition) is 2. The van der Waals surface area contributed by atoms with Gasteiger partial charge in [-0.2, -0.15) is 0 Å². The van der Waals surface area contributed by atoms with E-state index in [9.17, 15) is 18.0 Å². The van der Waals surface area contributed by atoms with Crippen molar-refractivity contribution in [2.45, 2.75) is 44.6 Å². The van der Waals surface area contributed by atoms with Crippen molar-refractivity contribution in [2.24, 2.45) is 0 Å². The van der Waals surface area contributed by atoms with Crippen molar-refractivity contribution in [3.8, 4) is 11.1 Å². The van der Waals surface area contributed by atoms with Gasteiger partial charge in [0.2, 0.25) is 5.91 Å². The SMILES string of the molecule is CCc1ccc2c(c1)-c1ccccc1S(=O)(=O)N2CC(=O)Nc1ccccc1C(=O)NC(C)CC. The predicted octanol–water partition coefficient (Wildman–Crippen LogP) is 4.59. The molecule has 0 fully saturated rings. The van der Waals surface area contributed by atoms with E-state index in [1.54, 1.807) is 54.6 Å². The van der Waals surface area contributed by atoms with Gasteiger partial charge in [0.05, 0.1) is 21.8 Å². The molecule has 3 aromatic rings. The van der Waals surface area contributed by atoms with Crippen molar-refractivity contribution in [3.05, 3.63) is 77.9 Å². The number of hydrogen-bond acceptors (Lipinski definition) is 4. The molecule has 4 rings (SSSR count). The minimum absolute atomic E-state index is 0.0191. The molecule has 1 heterocycles. The van der Waals surface area contributed by atoms with Crippen molar-refractivity contribution in [1.29, 1.82) is 0 Å². The Morgan fingerprint density at radius 3 is 2.40 bits per heavy atom. The number of carbonyl (C=O) groups is 2. The van der Waals surface area contributed by atoms with Crippen molar-refractivity contribution in [1.82, 2.24) is 5.32 Å². The van der Waals surface area contributed by atoms with Gasteiger partial charge in [0.15, 0.2) is 0 Å². The highest BCUT2D eigenvalue weighted by Crippen LogP contribution is 2.43. The smallest absolute Gasteiger partial charge is 0.265 e. The second kappa shape index (κ2) is 9.92. The maximum Gasteiger partial charge on any atom is 0.265 e. The van der Waals surface area contributed by atoms with E-state index in [2.05, 4.69) is 10.6 Å². The first-order valence-corrected chi connectivity index (χ1v) is 13.1. The third kappa shape index (κ3) is 4.79. The molecule has 8 heteroatoms. The van der Waals surface area contributed by atoms with Crippen molar-refractivity contribution in [3.63, 3.8) is 0 Å². The summed E-state index contributed by atoms with van der Waals surface area (Å²) in [7, 11) is -3.96. The Morgan fingerprint density at radius 1 is 0.943 bits per heavy atom. The van der Waals surface area contributed by atoms with Crippen LogP contribution in [0.25, 0.3) is 11.1 Å². The summed E-state index contributed by atoms with van der Waals surface area (Å²) in [5, 5.41) is 5.63. The summed E-state index contributed by atoms with van der Waals surface area (Å²) in [4.78, 5) is 26.0. The average molecular weight is 492 g/mol. The van der Waals surface area contributed by atoms with Gasteiger partial charge in [0.25, 0.3) is 15.9 Å². The van der Waals surface area contributed by atoms with E-state index in [0.29, 0.717) is 22.5 Å². The standard InChI is InChI=1S/C27H29N3O4S/c1-4-18(3)28-27(32)21-11-6-8-12-23(21)29-26(31)17-30-24-15-14-19(5-2)16-22(24)20-10-7-9-13-25(20)35(30,33)34/h6-16,18H,4-5,17H2,1-3H3,(H,28,32)(H,29,31). The van der Waals surface area contributed by atoms with Crippen molar-refractivity contribution in [2.75, 3.05) is 16.2 Å². The highest BCUT2D eigenvalue weighted by Gasteiger charge is 2.36. The van der Waals surface area contributed by atoms with Gasteiger partial charge in [-0.15, -0.1) is 0 Å². The lowest BCUT2D eigenvalue weighted by molar-refractivity contribution is -0.114. The number of benzene rings is 3. The number of para-hydroxylation sites is 1. The third-order valence-corrected chi connectivity index (χ3v) is 8.02. The van der Waals surface area contributed by atoms with Gasteiger partial charge >= 0.3 is 0 Å². The van der Waals surface area contributed by atoms with Gasteiger partial charge in [-0.25, -0.2) is 8.42 Å². The molecule has 1 aliphatic rings. The lowest BCUT2D eigenvalue weighted by atomic mass is 9.99. The topological polar surface area (TPSA) is 95.6 Å². The number of nitrogens with zero attached hydrogens (tertiary/aromatic N) is 1. The Labute approximate surface area is 206 Å². The molecule has 1 aliphatic heterocycles. The number of rotatable bonds is 7. The van der Waals surface area contributed by atoms with E-state index in [1.807, 2.05) is 32.9 Å². The number of amides is 2. The summed E-state index contributed by atoms with van der Waals surface area (Å²) >= 11 is 0. The Hall–Kier alpha value is -3.65. The largest absolute Gasteiger partial charge is 0.350 e. The average Bonchev–Trinajstić information content (AvgIpc) is 2.86. The van der Waals surface area contributed by atoms with Crippen LogP contribution in [0.2, 0.25) is 0 Å². The molecule has 35 heavy (non-hydrogen) atoms. The normalized spacial score (nSPS) is 14.4. The Balaban J connectivity index is 1.66. The number of aryl methyl sites for hydroxylation is 1. The van der Waals surface area contributed by atoms with Gasteiger partial charge in [-0.1, -0.05) is 50.2 Å². The molecule has 3 aromatic carbocycles. The van der Waals surface area contributed by atoms with Crippen molar-refractivity contribution < 1.29 is 18.0 Å². The molecular weight excluding hydrogens is 462 g/mol. The fourth-order valence-corrected chi connectivity index (χ4v) is 5.73. The first kappa shape index (κ1) is 24.5. The van der Waals surface area contributed by atoms with Crippen LogP contribution in [0.15, 0.2) is 71.6 Å². The molecule has 0 radical (unpaired) electrons. The van der Waals surface area contributed by atoms with Gasteiger partial charge < -0.3 is 10.6 Å². The van der Waals surface area contributed by atoms with Crippen molar-refractivity contribution >= 4 is 33.2 Å². The third-order valence-electron chi connectivity index (χ3n) is 6.21. The minimum Gasteiger partial charge on any atom is -0.350 e. The number of fused-ring (bicyclic) bond motifs is 3. The molecule has 7 nitrogen and oxygen atoms in total. The Kier molecular flexibility index (Phi) is 6.93. The van der Waals surface area contributed by atoms with Gasteiger partial charge in [-0.05, 0) is 55.7 Å². The zero-order chi connectivity index (χ0) is 25.2. The first-order valence-electron chi connectivity index (χ1n) is 11.7. The molecule has 0 saturated carbocycles. The molecule has 0 aromatic heterocycles. The molecule has 2 amide bonds. The molecule has 182 valence electrons. The van der Waals surface area contributed by atoms with Crippen LogP contribution in [0, 0.1) is 0 Å². The summed E-state index contributed by atoms with van der Waals surface area (Å²) in [6.45, 7) is 5.49. The minimum atomic E-state index is -3.96. The second-order valence-electron chi connectivity index (χ2n) is 8.59. The lowest BCUT2D eigenvalue weighted by Crippen LogP contribution is -2.40. The lowest BCUT2D eigenvalue weighted by Gasteiger charge is -2.32. The number of anilines is 2. The molecule has 0 saturated heterocycles. The number of nitrogens with one attached hydrogen (secondary N) is 2.